The zero-order valence-corrected chi connectivity index (χ0v) is 14.8. The van der Waals surface area contributed by atoms with Gasteiger partial charge in [-0.3, -0.25) is 4.79 Å². The highest BCUT2D eigenvalue weighted by Gasteiger charge is 2.27. The molecule has 2 N–H and O–H groups in total. The molecule has 128 valence electrons. The molecule has 1 fully saturated rings. The SMILES string of the molecule is CC(C)CN(CC(C)C)c1ccc(OC(=O)C2CCC2)cc1N. The van der Waals surface area contributed by atoms with Crippen LogP contribution < -0.4 is 15.4 Å². The molecule has 0 amide bonds. The molecule has 4 nitrogen and oxygen atoms in total. The number of benzene rings is 1. The van der Waals surface area contributed by atoms with E-state index in [2.05, 4.69) is 32.6 Å². The molecule has 1 aliphatic carbocycles. The molecule has 0 aromatic heterocycles. The number of esters is 1. The number of rotatable bonds is 7. The van der Waals surface area contributed by atoms with Gasteiger partial charge in [-0.2, -0.15) is 0 Å². The number of carbonyl (C=O) groups excluding carboxylic acids is 1. The average molecular weight is 318 g/mol. The van der Waals surface area contributed by atoms with Crippen LogP contribution in [0.1, 0.15) is 47.0 Å². The van der Waals surface area contributed by atoms with Gasteiger partial charge in [-0.1, -0.05) is 34.1 Å². The number of nitrogens with zero attached hydrogens (tertiary/aromatic N) is 1. The van der Waals surface area contributed by atoms with Crippen molar-refractivity contribution < 1.29 is 9.53 Å². The Bertz CT molecular complexity index is 526. The highest BCUT2D eigenvalue weighted by atomic mass is 16.5. The van der Waals surface area contributed by atoms with E-state index < -0.39 is 0 Å². The van der Waals surface area contributed by atoms with Crippen LogP contribution in [0.25, 0.3) is 0 Å². The Morgan fingerprint density at radius 1 is 1.22 bits per heavy atom. The first kappa shape index (κ1) is 17.6. The van der Waals surface area contributed by atoms with Crippen LogP contribution in [0.3, 0.4) is 0 Å². The van der Waals surface area contributed by atoms with Gasteiger partial charge >= 0.3 is 5.97 Å². The lowest BCUT2D eigenvalue weighted by molar-refractivity contribution is -0.141. The molecule has 0 spiro atoms. The van der Waals surface area contributed by atoms with E-state index in [1.165, 1.54) is 0 Å². The van der Waals surface area contributed by atoms with E-state index in [-0.39, 0.29) is 11.9 Å². The number of hydrogen-bond donors (Lipinski definition) is 1. The van der Waals surface area contributed by atoms with E-state index in [1.54, 1.807) is 6.07 Å². The summed E-state index contributed by atoms with van der Waals surface area (Å²) in [5.74, 6) is 1.63. The molecule has 4 heteroatoms. The van der Waals surface area contributed by atoms with Gasteiger partial charge in [0.15, 0.2) is 0 Å². The number of nitrogen functional groups attached to an aromatic ring is 1. The Morgan fingerprint density at radius 3 is 2.26 bits per heavy atom. The first-order valence-electron chi connectivity index (χ1n) is 8.73. The third-order valence-corrected chi connectivity index (χ3v) is 4.17. The van der Waals surface area contributed by atoms with E-state index in [0.717, 1.165) is 38.0 Å². The van der Waals surface area contributed by atoms with Crippen LogP contribution in [0, 0.1) is 17.8 Å². The maximum absolute atomic E-state index is 11.9. The van der Waals surface area contributed by atoms with Crippen LogP contribution in [-0.4, -0.2) is 19.1 Å². The van der Waals surface area contributed by atoms with E-state index >= 15 is 0 Å². The molecule has 0 radical (unpaired) electrons. The molecule has 1 aromatic carbocycles. The van der Waals surface area contributed by atoms with Crippen LogP contribution in [0.5, 0.6) is 5.75 Å². The van der Waals surface area contributed by atoms with Crippen LogP contribution in [0.15, 0.2) is 18.2 Å². The predicted octanol–water partition coefficient (Wildman–Crippen LogP) is 4.09. The van der Waals surface area contributed by atoms with Gasteiger partial charge in [-0.05, 0) is 36.8 Å². The zero-order valence-electron chi connectivity index (χ0n) is 14.8. The van der Waals surface area contributed by atoms with Gasteiger partial charge in [-0.15, -0.1) is 0 Å². The molecule has 0 atom stereocenters. The molecule has 1 aromatic rings. The van der Waals surface area contributed by atoms with Gasteiger partial charge in [0.1, 0.15) is 5.75 Å². The second kappa shape index (κ2) is 7.71. The standard InChI is InChI=1S/C19H30N2O2/c1-13(2)11-21(12-14(3)4)18-9-8-16(10-17(18)20)23-19(22)15-6-5-7-15/h8-10,13-15H,5-7,11-12,20H2,1-4H3. The van der Waals surface area contributed by atoms with Crippen molar-refractivity contribution in [1.29, 1.82) is 0 Å². The lowest BCUT2D eigenvalue weighted by Gasteiger charge is -2.30. The van der Waals surface area contributed by atoms with Crippen molar-refractivity contribution >= 4 is 17.3 Å². The van der Waals surface area contributed by atoms with Crippen molar-refractivity contribution in [3.63, 3.8) is 0 Å². The lowest BCUT2D eigenvalue weighted by atomic mass is 9.86. The Morgan fingerprint density at radius 2 is 1.83 bits per heavy atom. The fraction of sp³-hybridized carbons (Fsp3) is 0.632. The number of anilines is 2. The molecule has 1 saturated carbocycles. The maximum atomic E-state index is 11.9. The Hall–Kier alpha value is -1.71. The van der Waals surface area contributed by atoms with Gasteiger partial charge < -0.3 is 15.4 Å². The molecule has 2 rings (SSSR count). The van der Waals surface area contributed by atoms with Gasteiger partial charge in [0.05, 0.1) is 17.3 Å². The summed E-state index contributed by atoms with van der Waals surface area (Å²) in [7, 11) is 0. The topological polar surface area (TPSA) is 55.6 Å². The fourth-order valence-corrected chi connectivity index (χ4v) is 2.88. The first-order valence-corrected chi connectivity index (χ1v) is 8.73. The summed E-state index contributed by atoms with van der Waals surface area (Å²) in [5, 5.41) is 0. The average Bonchev–Trinajstić information content (AvgIpc) is 2.34. The summed E-state index contributed by atoms with van der Waals surface area (Å²) < 4.78 is 5.46. The highest BCUT2D eigenvalue weighted by molar-refractivity contribution is 5.77. The second-order valence-electron chi connectivity index (χ2n) is 7.46. The van der Waals surface area contributed by atoms with E-state index in [0.29, 0.717) is 23.3 Å². The van der Waals surface area contributed by atoms with Crippen molar-refractivity contribution in [1.82, 2.24) is 0 Å². The molecule has 0 bridgehead atoms. The molecule has 0 saturated heterocycles. The van der Waals surface area contributed by atoms with E-state index in [4.69, 9.17) is 10.5 Å². The summed E-state index contributed by atoms with van der Waals surface area (Å²) in [6.07, 6.45) is 3.02. The molecule has 0 heterocycles. The third-order valence-electron chi connectivity index (χ3n) is 4.17. The van der Waals surface area contributed by atoms with Gasteiger partial charge in [0.2, 0.25) is 0 Å². The number of ether oxygens (including phenoxy) is 1. The van der Waals surface area contributed by atoms with E-state index in [1.807, 2.05) is 12.1 Å². The Kier molecular flexibility index (Phi) is 5.91. The van der Waals surface area contributed by atoms with Crippen LogP contribution in [0.4, 0.5) is 11.4 Å². The first-order chi connectivity index (χ1) is 10.9. The van der Waals surface area contributed by atoms with Gasteiger partial charge in [0, 0.05) is 19.2 Å². The van der Waals surface area contributed by atoms with Crippen molar-refractivity contribution in [2.24, 2.45) is 17.8 Å². The van der Waals surface area contributed by atoms with E-state index in [9.17, 15) is 4.79 Å². The summed E-state index contributed by atoms with van der Waals surface area (Å²) >= 11 is 0. The Balaban J connectivity index is 2.10. The highest BCUT2D eigenvalue weighted by Crippen LogP contribution is 2.32. The zero-order chi connectivity index (χ0) is 17.0. The van der Waals surface area contributed by atoms with Crippen molar-refractivity contribution in [3.05, 3.63) is 18.2 Å². The van der Waals surface area contributed by atoms with Gasteiger partial charge in [-0.25, -0.2) is 0 Å². The number of carbonyl (C=O) groups is 1. The molecular formula is C19H30N2O2. The fourth-order valence-electron chi connectivity index (χ4n) is 2.88. The summed E-state index contributed by atoms with van der Waals surface area (Å²) in [6.45, 7) is 10.8. The number of nitrogens with two attached hydrogens (primary N) is 1. The third kappa shape index (κ3) is 4.88. The molecule has 0 unspecified atom stereocenters. The van der Waals surface area contributed by atoms with Crippen molar-refractivity contribution in [3.8, 4) is 5.75 Å². The minimum atomic E-state index is -0.121. The normalized spacial score (nSPS) is 14.9. The van der Waals surface area contributed by atoms with Crippen LogP contribution in [0.2, 0.25) is 0 Å². The van der Waals surface area contributed by atoms with Crippen LogP contribution in [-0.2, 0) is 4.79 Å². The number of hydrogen-bond acceptors (Lipinski definition) is 4. The maximum Gasteiger partial charge on any atom is 0.314 e. The second-order valence-corrected chi connectivity index (χ2v) is 7.46. The monoisotopic (exact) mass is 318 g/mol. The minimum Gasteiger partial charge on any atom is -0.426 e. The lowest BCUT2D eigenvalue weighted by Crippen LogP contribution is -2.32. The molecule has 23 heavy (non-hydrogen) atoms. The minimum absolute atomic E-state index is 0.0780. The van der Waals surface area contributed by atoms with Gasteiger partial charge in [0.25, 0.3) is 0 Å². The smallest absolute Gasteiger partial charge is 0.314 e. The summed E-state index contributed by atoms with van der Waals surface area (Å²) in [5.41, 5.74) is 7.93. The van der Waals surface area contributed by atoms with Crippen molar-refractivity contribution in [2.75, 3.05) is 23.7 Å². The molecular weight excluding hydrogens is 288 g/mol. The van der Waals surface area contributed by atoms with Crippen LogP contribution >= 0.6 is 0 Å². The molecule has 1 aliphatic rings. The quantitative estimate of drug-likeness (QED) is 0.467. The Labute approximate surface area is 140 Å². The summed E-state index contributed by atoms with van der Waals surface area (Å²) in [4.78, 5) is 14.3. The van der Waals surface area contributed by atoms with Crippen molar-refractivity contribution in [2.45, 2.75) is 47.0 Å². The largest absolute Gasteiger partial charge is 0.426 e. The summed E-state index contributed by atoms with van der Waals surface area (Å²) in [6, 6.07) is 5.61. The predicted molar refractivity (Wildman–Crippen MR) is 95.7 cm³/mol. The molecule has 0 aliphatic heterocycles.